The van der Waals surface area contributed by atoms with Crippen LogP contribution in [-0.4, -0.2) is 53.1 Å². The highest BCUT2D eigenvalue weighted by Gasteiger charge is 2.41. The molecule has 1 aliphatic heterocycles. The van der Waals surface area contributed by atoms with Gasteiger partial charge in [0, 0.05) is 19.3 Å². The summed E-state index contributed by atoms with van der Waals surface area (Å²) in [6, 6.07) is 4.01. The van der Waals surface area contributed by atoms with Crippen LogP contribution in [-0.2, 0) is 4.79 Å². The third-order valence-electron chi connectivity index (χ3n) is 4.81. The lowest BCUT2D eigenvalue weighted by molar-refractivity contribution is -0.186. The summed E-state index contributed by atoms with van der Waals surface area (Å²) >= 11 is 3.27. The van der Waals surface area contributed by atoms with Crippen LogP contribution >= 0.6 is 23.1 Å². The fourth-order valence-electron chi connectivity index (χ4n) is 3.11. The number of amides is 1. The van der Waals surface area contributed by atoms with Gasteiger partial charge in [-0.3, -0.25) is 9.79 Å². The molecule has 1 unspecified atom stereocenters. The third kappa shape index (κ3) is 8.81. The van der Waals surface area contributed by atoms with Gasteiger partial charge in [0.05, 0.1) is 33.1 Å². The molecule has 0 aromatic carbocycles. The average molecular weight is 500 g/mol. The van der Waals surface area contributed by atoms with E-state index in [-0.39, 0.29) is 13.0 Å². The first-order chi connectivity index (χ1) is 15.6. The topological polar surface area (TPSA) is 70.5 Å². The molecule has 33 heavy (non-hydrogen) atoms. The number of carbonyl (C=O) groups is 1. The van der Waals surface area contributed by atoms with Crippen LogP contribution in [0.15, 0.2) is 28.7 Å². The smallest absolute Gasteiger partial charge is 0.361 e. The number of carbonyl (C=O) groups excluding carboxylic acids is 1. The van der Waals surface area contributed by atoms with E-state index in [1.54, 1.807) is 23.1 Å². The standard InChI is InChI=1S/C15H18N4S2.C7H10F3NO/c1-10-5-6-14(17-7-10)18-9-20-8-13(16-4)15-11(2)19-12(3)21-15;8-7(9,10)6-2-1-3-11(4-6)5-12/h5-8H,4,9H2,1-3H3,(H,17,18);5-6H,1-4H2/b13-8-;. The Morgan fingerprint density at radius 2 is 2.15 bits per heavy atom. The molecule has 0 saturated carbocycles. The fraction of sp³-hybridized carbons (Fsp3) is 0.455. The van der Waals surface area contributed by atoms with Crippen LogP contribution in [0.1, 0.15) is 34.0 Å². The predicted molar refractivity (Wildman–Crippen MR) is 131 cm³/mol. The minimum absolute atomic E-state index is 0.147. The monoisotopic (exact) mass is 499 g/mol. The number of pyridine rings is 1. The number of rotatable bonds is 7. The van der Waals surface area contributed by atoms with E-state index in [1.165, 1.54) is 4.90 Å². The van der Waals surface area contributed by atoms with Crippen LogP contribution in [0, 0.1) is 26.7 Å². The number of nitrogens with zero attached hydrogens (tertiary/aromatic N) is 4. The highest BCUT2D eigenvalue weighted by atomic mass is 32.2. The fourth-order valence-corrected chi connectivity index (χ4v) is 4.75. The molecule has 1 atom stereocenters. The molecule has 180 valence electrons. The summed E-state index contributed by atoms with van der Waals surface area (Å²) in [7, 11) is 0. The maximum atomic E-state index is 12.1. The molecule has 2 aromatic rings. The molecule has 1 N–H and O–H groups in total. The van der Waals surface area contributed by atoms with Crippen molar-refractivity contribution in [2.45, 2.75) is 39.8 Å². The minimum Gasteiger partial charge on any atom is -0.361 e. The van der Waals surface area contributed by atoms with Gasteiger partial charge in [0.15, 0.2) is 0 Å². The molecule has 1 amide bonds. The van der Waals surface area contributed by atoms with E-state index in [9.17, 15) is 18.0 Å². The SMILES string of the molecule is C=N/C(=C\SCNc1ccc(C)cn1)c1sc(C)nc1C.O=CN1CCCC(C(F)(F)F)C1. The lowest BCUT2D eigenvalue weighted by atomic mass is 9.98. The zero-order chi connectivity index (χ0) is 24.4. The summed E-state index contributed by atoms with van der Waals surface area (Å²) in [6.07, 6.45) is -1.22. The molecule has 3 heterocycles. The molecule has 11 heteroatoms. The van der Waals surface area contributed by atoms with Gasteiger partial charge in [0.25, 0.3) is 0 Å². The summed E-state index contributed by atoms with van der Waals surface area (Å²) in [5.74, 6) is 0.280. The molecule has 1 saturated heterocycles. The van der Waals surface area contributed by atoms with Gasteiger partial charge in [0.2, 0.25) is 6.41 Å². The first-order valence-electron chi connectivity index (χ1n) is 10.3. The van der Waals surface area contributed by atoms with Gasteiger partial charge >= 0.3 is 6.18 Å². The maximum absolute atomic E-state index is 12.1. The third-order valence-corrected chi connectivity index (χ3v) is 6.61. The maximum Gasteiger partial charge on any atom is 0.393 e. The van der Waals surface area contributed by atoms with E-state index >= 15 is 0 Å². The number of thiazole rings is 1. The number of aryl methyl sites for hydroxylation is 3. The Labute approximate surface area is 200 Å². The van der Waals surface area contributed by atoms with Crippen LogP contribution in [0.2, 0.25) is 0 Å². The zero-order valence-corrected chi connectivity index (χ0v) is 20.5. The number of halogens is 3. The number of hydrogen-bond acceptors (Lipinski definition) is 7. The van der Waals surface area contributed by atoms with Gasteiger partial charge < -0.3 is 10.2 Å². The van der Waals surface area contributed by atoms with E-state index in [2.05, 4.69) is 27.0 Å². The lowest BCUT2D eigenvalue weighted by Crippen LogP contribution is -2.40. The minimum atomic E-state index is -4.15. The zero-order valence-electron chi connectivity index (χ0n) is 18.9. The van der Waals surface area contributed by atoms with E-state index in [0.717, 1.165) is 38.5 Å². The van der Waals surface area contributed by atoms with Crippen molar-refractivity contribution in [3.63, 3.8) is 0 Å². The van der Waals surface area contributed by atoms with Gasteiger partial charge in [-0.25, -0.2) is 9.97 Å². The summed E-state index contributed by atoms with van der Waals surface area (Å²) in [4.78, 5) is 25.3. The second-order valence-electron chi connectivity index (χ2n) is 7.50. The van der Waals surface area contributed by atoms with Crippen LogP contribution in [0.25, 0.3) is 5.70 Å². The first-order valence-corrected chi connectivity index (χ1v) is 12.2. The number of nitrogens with one attached hydrogen (secondary N) is 1. The predicted octanol–water partition coefficient (Wildman–Crippen LogP) is 5.68. The summed E-state index contributed by atoms with van der Waals surface area (Å²) in [6.45, 7) is 9.95. The number of piperidine rings is 1. The second-order valence-corrected chi connectivity index (χ2v) is 9.56. The number of aromatic nitrogens is 2. The van der Waals surface area contributed by atoms with Gasteiger partial charge in [-0.15, -0.1) is 23.1 Å². The van der Waals surface area contributed by atoms with Gasteiger partial charge in [-0.05, 0) is 57.4 Å². The van der Waals surface area contributed by atoms with E-state index in [4.69, 9.17) is 0 Å². The lowest BCUT2D eigenvalue weighted by Gasteiger charge is -2.30. The molecule has 6 nitrogen and oxygen atoms in total. The number of likely N-dealkylation sites (tertiary alicyclic amines) is 1. The molecule has 1 aliphatic rings. The number of anilines is 1. The van der Waals surface area contributed by atoms with Crippen LogP contribution in [0.4, 0.5) is 19.0 Å². The van der Waals surface area contributed by atoms with Gasteiger partial charge in [-0.2, -0.15) is 13.2 Å². The summed E-state index contributed by atoms with van der Waals surface area (Å²) in [5, 5.41) is 6.31. The van der Waals surface area contributed by atoms with Crippen molar-refractivity contribution in [1.29, 1.82) is 0 Å². The highest BCUT2D eigenvalue weighted by Crippen LogP contribution is 2.32. The summed E-state index contributed by atoms with van der Waals surface area (Å²) in [5.41, 5.74) is 3.04. The molecule has 0 bridgehead atoms. The molecular formula is C22H28F3N5OS2. The van der Waals surface area contributed by atoms with Crippen molar-refractivity contribution in [2.24, 2.45) is 10.9 Å². The van der Waals surface area contributed by atoms with E-state index in [1.807, 2.05) is 44.5 Å². The van der Waals surface area contributed by atoms with Crippen molar-refractivity contribution in [1.82, 2.24) is 14.9 Å². The van der Waals surface area contributed by atoms with Crippen molar-refractivity contribution in [3.8, 4) is 0 Å². The Morgan fingerprint density at radius 1 is 1.39 bits per heavy atom. The van der Waals surface area contributed by atoms with Crippen LogP contribution in [0.5, 0.6) is 0 Å². The van der Waals surface area contributed by atoms with E-state index < -0.39 is 12.1 Å². The van der Waals surface area contributed by atoms with Crippen molar-refractivity contribution >= 4 is 47.7 Å². The molecule has 0 spiro atoms. The Kier molecular flexibility index (Phi) is 10.4. The van der Waals surface area contributed by atoms with Crippen molar-refractivity contribution in [2.75, 3.05) is 24.3 Å². The number of alkyl halides is 3. The number of hydrogen-bond donors (Lipinski definition) is 1. The molecular weight excluding hydrogens is 471 g/mol. The molecule has 1 fully saturated rings. The normalized spacial score (nSPS) is 16.6. The van der Waals surface area contributed by atoms with Crippen LogP contribution < -0.4 is 5.32 Å². The average Bonchev–Trinajstić information content (AvgIpc) is 3.12. The van der Waals surface area contributed by atoms with Crippen LogP contribution in [0.3, 0.4) is 0 Å². The van der Waals surface area contributed by atoms with Crippen molar-refractivity contribution < 1.29 is 18.0 Å². The van der Waals surface area contributed by atoms with Crippen molar-refractivity contribution in [3.05, 3.63) is 44.9 Å². The molecule has 3 rings (SSSR count). The Morgan fingerprint density at radius 3 is 2.70 bits per heavy atom. The Bertz CT molecular complexity index is 944. The Hall–Kier alpha value is -2.40. The largest absolute Gasteiger partial charge is 0.393 e. The first kappa shape index (κ1) is 26.8. The van der Waals surface area contributed by atoms with E-state index in [0.29, 0.717) is 19.4 Å². The number of aliphatic imine (C=N–C) groups is 1. The Balaban J connectivity index is 0.000000273. The highest BCUT2D eigenvalue weighted by molar-refractivity contribution is 8.02. The van der Waals surface area contributed by atoms with Gasteiger partial charge in [-0.1, -0.05) is 6.07 Å². The number of thioether (sulfide) groups is 1. The molecule has 0 aliphatic carbocycles. The molecule has 2 aromatic heterocycles. The molecule has 0 radical (unpaired) electrons. The quantitative estimate of drug-likeness (QED) is 0.230. The van der Waals surface area contributed by atoms with Gasteiger partial charge in [0.1, 0.15) is 5.82 Å². The summed E-state index contributed by atoms with van der Waals surface area (Å²) < 4.78 is 36.3. The second kappa shape index (κ2) is 12.7.